The number of hydrogen-bond acceptors (Lipinski definition) is 4. The molecule has 6 heteroatoms. The molecule has 1 aliphatic rings. The van der Waals surface area contributed by atoms with Crippen LogP contribution in [0, 0.1) is 5.82 Å². The molecule has 0 saturated heterocycles. The highest BCUT2D eigenvalue weighted by molar-refractivity contribution is 6.31. The zero-order chi connectivity index (χ0) is 13.2. The summed E-state index contributed by atoms with van der Waals surface area (Å²) in [4.78, 5) is 4.22. The van der Waals surface area contributed by atoms with Gasteiger partial charge in [-0.05, 0) is 25.0 Å². The van der Waals surface area contributed by atoms with Crippen molar-refractivity contribution in [1.82, 2.24) is 15.5 Å². The van der Waals surface area contributed by atoms with E-state index in [2.05, 4.69) is 15.5 Å². The molecule has 19 heavy (non-hydrogen) atoms. The molecule has 1 fully saturated rings. The smallest absolute Gasteiger partial charge is 0.240 e. The highest BCUT2D eigenvalue weighted by atomic mass is 35.5. The van der Waals surface area contributed by atoms with Crippen molar-refractivity contribution >= 4 is 11.6 Å². The molecule has 1 aromatic heterocycles. The molecule has 1 heterocycles. The van der Waals surface area contributed by atoms with Gasteiger partial charge in [0, 0.05) is 23.0 Å². The van der Waals surface area contributed by atoms with E-state index in [1.807, 2.05) is 0 Å². The van der Waals surface area contributed by atoms with E-state index in [0.29, 0.717) is 34.9 Å². The van der Waals surface area contributed by atoms with Crippen molar-refractivity contribution in [1.29, 1.82) is 0 Å². The van der Waals surface area contributed by atoms with E-state index in [4.69, 9.17) is 16.1 Å². The summed E-state index contributed by atoms with van der Waals surface area (Å²) in [6.45, 7) is 0.558. The van der Waals surface area contributed by atoms with Crippen molar-refractivity contribution in [2.75, 3.05) is 0 Å². The summed E-state index contributed by atoms with van der Waals surface area (Å²) in [5, 5.41) is 7.49. The second-order valence-corrected chi connectivity index (χ2v) is 5.04. The van der Waals surface area contributed by atoms with Crippen LogP contribution in [-0.4, -0.2) is 16.2 Å². The average molecular weight is 282 g/mol. The topological polar surface area (TPSA) is 51.0 Å². The first-order chi connectivity index (χ1) is 9.22. The number of nitrogens with one attached hydrogen (secondary N) is 1. The van der Waals surface area contributed by atoms with Crippen LogP contribution in [0.3, 0.4) is 0 Å². The molecule has 0 amide bonds. The third-order valence-electron chi connectivity index (χ3n) is 3.03. The first kappa shape index (κ1) is 12.6. The molecule has 0 atom stereocenters. The Bertz CT molecular complexity index is 563. The van der Waals surface area contributed by atoms with Gasteiger partial charge in [0.05, 0.1) is 6.54 Å². The third-order valence-corrected chi connectivity index (χ3v) is 3.38. The molecule has 1 aromatic carbocycles. The van der Waals surface area contributed by atoms with E-state index in [1.54, 1.807) is 12.1 Å². The van der Waals surface area contributed by atoms with Gasteiger partial charge in [0.15, 0.2) is 5.82 Å². The Kier molecular flexibility index (Phi) is 3.48. The largest absolute Gasteiger partial charge is 0.338 e. The maximum absolute atomic E-state index is 13.6. The molecule has 1 aliphatic carbocycles. The Hall–Kier alpha value is -1.46. The molecule has 0 aliphatic heterocycles. The SMILES string of the molecule is Fc1cccc(Cl)c1Cc1noc(CNC2CC2)n1. The minimum Gasteiger partial charge on any atom is -0.338 e. The molecule has 3 rings (SSSR count). The molecular weight excluding hydrogens is 269 g/mol. The summed E-state index contributed by atoms with van der Waals surface area (Å²) in [5.74, 6) is 0.615. The predicted octanol–water partition coefficient (Wildman–Crippen LogP) is 2.70. The lowest BCUT2D eigenvalue weighted by Crippen LogP contribution is -2.15. The van der Waals surface area contributed by atoms with E-state index in [-0.39, 0.29) is 12.2 Å². The number of rotatable bonds is 5. The van der Waals surface area contributed by atoms with Gasteiger partial charge in [0.2, 0.25) is 5.89 Å². The number of nitrogens with zero attached hydrogens (tertiary/aromatic N) is 2. The Labute approximate surface area is 115 Å². The van der Waals surface area contributed by atoms with Crippen molar-refractivity contribution in [3.63, 3.8) is 0 Å². The standard InChI is InChI=1S/C13H13ClFN3O/c14-10-2-1-3-11(15)9(10)6-12-17-13(19-18-12)7-16-8-4-5-8/h1-3,8,16H,4-7H2. The van der Waals surface area contributed by atoms with Crippen molar-refractivity contribution in [2.24, 2.45) is 0 Å². The molecule has 0 spiro atoms. The molecule has 2 aromatic rings. The van der Waals surface area contributed by atoms with Crippen LogP contribution in [0.5, 0.6) is 0 Å². The van der Waals surface area contributed by atoms with E-state index in [9.17, 15) is 4.39 Å². The van der Waals surface area contributed by atoms with Gasteiger partial charge in [-0.1, -0.05) is 22.8 Å². The quantitative estimate of drug-likeness (QED) is 0.915. The Morgan fingerprint density at radius 3 is 3.00 bits per heavy atom. The fourth-order valence-electron chi connectivity index (χ4n) is 1.81. The minimum atomic E-state index is -0.352. The minimum absolute atomic E-state index is 0.235. The van der Waals surface area contributed by atoms with Crippen LogP contribution in [0.4, 0.5) is 4.39 Å². The van der Waals surface area contributed by atoms with Crippen molar-refractivity contribution in [3.8, 4) is 0 Å². The first-order valence-electron chi connectivity index (χ1n) is 6.20. The molecule has 1 N–H and O–H groups in total. The number of benzene rings is 1. The highest BCUT2D eigenvalue weighted by Gasteiger charge is 2.21. The average Bonchev–Trinajstić information content (AvgIpc) is 3.11. The van der Waals surface area contributed by atoms with E-state index in [0.717, 1.165) is 0 Å². The van der Waals surface area contributed by atoms with Gasteiger partial charge in [-0.2, -0.15) is 4.98 Å². The molecule has 100 valence electrons. The number of aromatic nitrogens is 2. The molecule has 4 nitrogen and oxygen atoms in total. The third kappa shape index (κ3) is 3.11. The molecule has 0 bridgehead atoms. The lowest BCUT2D eigenvalue weighted by Gasteiger charge is -2.01. The zero-order valence-electron chi connectivity index (χ0n) is 10.2. The van der Waals surface area contributed by atoms with Crippen molar-refractivity contribution in [3.05, 3.63) is 46.3 Å². The van der Waals surface area contributed by atoms with Gasteiger partial charge in [0.25, 0.3) is 0 Å². The van der Waals surface area contributed by atoms with Gasteiger partial charge in [0.1, 0.15) is 5.82 Å². The van der Waals surface area contributed by atoms with Gasteiger partial charge >= 0.3 is 0 Å². The Morgan fingerprint density at radius 1 is 1.42 bits per heavy atom. The van der Waals surface area contributed by atoms with Crippen LogP contribution >= 0.6 is 11.6 Å². The summed E-state index contributed by atoms with van der Waals surface area (Å²) in [6.07, 6.45) is 2.64. The van der Waals surface area contributed by atoms with Crippen LogP contribution in [-0.2, 0) is 13.0 Å². The maximum atomic E-state index is 13.6. The fraction of sp³-hybridized carbons (Fsp3) is 0.385. The normalized spacial score (nSPS) is 14.8. The summed E-state index contributed by atoms with van der Waals surface area (Å²) in [7, 11) is 0. The van der Waals surface area contributed by atoms with Crippen LogP contribution in [0.1, 0.15) is 30.1 Å². The number of halogens is 2. The van der Waals surface area contributed by atoms with Gasteiger partial charge < -0.3 is 9.84 Å². The lowest BCUT2D eigenvalue weighted by atomic mass is 10.1. The maximum Gasteiger partial charge on any atom is 0.240 e. The van der Waals surface area contributed by atoms with E-state index < -0.39 is 0 Å². The zero-order valence-corrected chi connectivity index (χ0v) is 11.0. The van der Waals surface area contributed by atoms with E-state index in [1.165, 1.54) is 18.9 Å². The predicted molar refractivity (Wildman–Crippen MR) is 68.4 cm³/mol. The van der Waals surface area contributed by atoms with Crippen molar-refractivity contribution in [2.45, 2.75) is 31.8 Å². The first-order valence-corrected chi connectivity index (χ1v) is 6.58. The van der Waals surface area contributed by atoms with Gasteiger partial charge in [-0.25, -0.2) is 4.39 Å². The van der Waals surface area contributed by atoms with Crippen LogP contribution in [0.25, 0.3) is 0 Å². The molecule has 0 unspecified atom stereocenters. The van der Waals surface area contributed by atoms with Crippen LogP contribution in [0.2, 0.25) is 5.02 Å². The van der Waals surface area contributed by atoms with Gasteiger partial charge in [-0.15, -0.1) is 0 Å². The second-order valence-electron chi connectivity index (χ2n) is 4.64. The number of hydrogen-bond donors (Lipinski definition) is 1. The monoisotopic (exact) mass is 281 g/mol. The van der Waals surface area contributed by atoms with Crippen LogP contribution < -0.4 is 5.32 Å². The molecule has 0 radical (unpaired) electrons. The fourth-order valence-corrected chi connectivity index (χ4v) is 2.04. The van der Waals surface area contributed by atoms with E-state index >= 15 is 0 Å². The van der Waals surface area contributed by atoms with Crippen LogP contribution in [0.15, 0.2) is 22.7 Å². The summed E-state index contributed by atoms with van der Waals surface area (Å²) in [6, 6.07) is 5.17. The molecule has 1 saturated carbocycles. The lowest BCUT2D eigenvalue weighted by molar-refractivity contribution is 0.363. The molecular formula is C13H13ClFN3O. The van der Waals surface area contributed by atoms with Gasteiger partial charge in [-0.3, -0.25) is 0 Å². The summed E-state index contributed by atoms with van der Waals surface area (Å²) < 4.78 is 18.7. The second kappa shape index (κ2) is 5.27. The van der Waals surface area contributed by atoms with Crippen molar-refractivity contribution < 1.29 is 8.91 Å². The highest BCUT2D eigenvalue weighted by Crippen LogP contribution is 2.22. The summed E-state index contributed by atoms with van der Waals surface area (Å²) >= 11 is 5.96. The Morgan fingerprint density at radius 2 is 2.26 bits per heavy atom. The Balaban J connectivity index is 1.68. The summed E-state index contributed by atoms with van der Waals surface area (Å²) in [5.41, 5.74) is 0.395.